The van der Waals surface area contributed by atoms with Gasteiger partial charge in [0.25, 0.3) is 0 Å². The van der Waals surface area contributed by atoms with Crippen LogP contribution in [0.5, 0.6) is 5.75 Å². The molecule has 0 aliphatic carbocycles. The van der Waals surface area contributed by atoms with E-state index < -0.39 is 0 Å². The average Bonchev–Trinajstić information content (AvgIpc) is 2.45. The third-order valence-corrected chi connectivity index (χ3v) is 3.24. The van der Waals surface area contributed by atoms with Crippen LogP contribution in [0.25, 0.3) is 0 Å². The summed E-state index contributed by atoms with van der Waals surface area (Å²) in [5, 5.41) is 3.22. The molecule has 0 saturated carbocycles. The lowest BCUT2D eigenvalue weighted by atomic mass is 9.86. The number of benzene rings is 1. The number of pyridine rings is 1. The van der Waals surface area contributed by atoms with Gasteiger partial charge in [-0.3, -0.25) is 0 Å². The summed E-state index contributed by atoms with van der Waals surface area (Å²) in [5.74, 6) is 1.82. The van der Waals surface area contributed by atoms with Crippen LogP contribution >= 0.6 is 0 Å². The van der Waals surface area contributed by atoms with Crippen molar-refractivity contribution in [3.05, 3.63) is 53.7 Å². The molecule has 0 unspecified atom stereocenters. The molecule has 2 aromatic rings. The Labute approximate surface area is 127 Å². The molecule has 21 heavy (non-hydrogen) atoms. The summed E-state index contributed by atoms with van der Waals surface area (Å²) in [6.45, 7) is 9.98. The quantitative estimate of drug-likeness (QED) is 0.884. The van der Waals surface area contributed by atoms with Crippen LogP contribution in [0.15, 0.2) is 42.5 Å². The Hall–Kier alpha value is -2.03. The van der Waals surface area contributed by atoms with Crippen LogP contribution in [-0.2, 0) is 12.0 Å². The van der Waals surface area contributed by atoms with Crippen LogP contribution in [0.3, 0.4) is 0 Å². The molecule has 0 radical (unpaired) electrons. The SMILES string of the molecule is CCNc1cccc(COc2ccccc2C(C)(C)C)n1. The highest BCUT2D eigenvalue weighted by Crippen LogP contribution is 2.31. The fourth-order valence-corrected chi connectivity index (χ4v) is 2.20. The minimum absolute atomic E-state index is 0.0651. The van der Waals surface area contributed by atoms with Crippen molar-refractivity contribution in [1.82, 2.24) is 4.98 Å². The molecule has 3 heteroatoms. The van der Waals surface area contributed by atoms with Gasteiger partial charge in [-0.15, -0.1) is 0 Å². The predicted octanol–water partition coefficient (Wildman–Crippen LogP) is 4.39. The van der Waals surface area contributed by atoms with Crippen molar-refractivity contribution in [1.29, 1.82) is 0 Å². The summed E-state index contributed by atoms with van der Waals surface area (Å²) in [4.78, 5) is 4.53. The van der Waals surface area contributed by atoms with Gasteiger partial charge in [-0.25, -0.2) is 4.98 Å². The predicted molar refractivity (Wildman–Crippen MR) is 87.9 cm³/mol. The topological polar surface area (TPSA) is 34.1 Å². The van der Waals surface area contributed by atoms with E-state index in [2.05, 4.69) is 50.1 Å². The number of para-hydroxylation sites is 1. The maximum absolute atomic E-state index is 5.99. The van der Waals surface area contributed by atoms with Gasteiger partial charge in [0.15, 0.2) is 0 Å². The number of ether oxygens (including phenoxy) is 1. The van der Waals surface area contributed by atoms with Crippen LogP contribution in [0.1, 0.15) is 39.0 Å². The zero-order valence-corrected chi connectivity index (χ0v) is 13.3. The molecular weight excluding hydrogens is 260 g/mol. The zero-order valence-electron chi connectivity index (χ0n) is 13.3. The molecule has 0 atom stereocenters. The zero-order chi connectivity index (χ0) is 15.3. The number of hydrogen-bond acceptors (Lipinski definition) is 3. The lowest BCUT2D eigenvalue weighted by Gasteiger charge is -2.22. The monoisotopic (exact) mass is 284 g/mol. The molecule has 3 nitrogen and oxygen atoms in total. The van der Waals surface area contributed by atoms with E-state index in [1.807, 2.05) is 30.3 Å². The van der Waals surface area contributed by atoms with Crippen LogP contribution in [0.2, 0.25) is 0 Å². The van der Waals surface area contributed by atoms with Crippen molar-refractivity contribution in [3.8, 4) is 5.75 Å². The smallest absolute Gasteiger partial charge is 0.130 e. The normalized spacial score (nSPS) is 11.2. The molecule has 0 aliphatic heterocycles. The van der Waals surface area contributed by atoms with Crippen LogP contribution < -0.4 is 10.1 Å². The minimum Gasteiger partial charge on any atom is -0.487 e. The van der Waals surface area contributed by atoms with Gasteiger partial charge in [0, 0.05) is 6.54 Å². The fourth-order valence-electron chi connectivity index (χ4n) is 2.20. The second-order valence-corrected chi connectivity index (χ2v) is 6.08. The molecule has 2 rings (SSSR count). The van der Waals surface area contributed by atoms with E-state index in [0.717, 1.165) is 23.8 Å². The van der Waals surface area contributed by atoms with E-state index >= 15 is 0 Å². The molecule has 1 heterocycles. The molecule has 1 N–H and O–H groups in total. The Morgan fingerprint density at radius 3 is 2.52 bits per heavy atom. The largest absolute Gasteiger partial charge is 0.487 e. The molecular formula is C18H24N2O. The number of nitrogens with zero attached hydrogens (tertiary/aromatic N) is 1. The highest BCUT2D eigenvalue weighted by molar-refractivity contribution is 5.39. The Kier molecular flexibility index (Phi) is 4.84. The molecule has 1 aromatic carbocycles. The Morgan fingerprint density at radius 1 is 1.05 bits per heavy atom. The number of hydrogen-bond donors (Lipinski definition) is 1. The highest BCUT2D eigenvalue weighted by atomic mass is 16.5. The molecule has 112 valence electrons. The molecule has 0 bridgehead atoms. The maximum atomic E-state index is 5.99. The number of nitrogens with one attached hydrogen (secondary N) is 1. The van der Waals surface area contributed by atoms with Gasteiger partial charge < -0.3 is 10.1 Å². The van der Waals surface area contributed by atoms with Crippen molar-refractivity contribution in [2.24, 2.45) is 0 Å². The Balaban J connectivity index is 2.12. The van der Waals surface area contributed by atoms with E-state index in [-0.39, 0.29) is 5.41 Å². The van der Waals surface area contributed by atoms with Crippen molar-refractivity contribution < 1.29 is 4.74 Å². The number of rotatable bonds is 5. The van der Waals surface area contributed by atoms with Crippen molar-refractivity contribution in [3.63, 3.8) is 0 Å². The van der Waals surface area contributed by atoms with Crippen LogP contribution in [-0.4, -0.2) is 11.5 Å². The second kappa shape index (κ2) is 6.61. The first-order chi connectivity index (χ1) is 10.0. The third-order valence-electron chi connectivity index (χ3n) is 3.24. The molecule has 0 fully saturated rings. The van der Waals surface area contributed by atoms with E-state index in [1.165, 1.54) is 5.56 Å². The summed E-state index contributed by atoms with van der Waals surface area (Å²) < 4.78 is 5.99. The van der Waals surface area contributed by atoms with Gasteiger partial charge in [0.2, 0.25) is 0 Å². The summed E-state index contributed by atoms with van der Waals surface area (Å²) in [6, 6.07) is 14.2. The first-order valence-corrected chi connectivity index (χ1v) is 7.43. The summed E-state index contributed by atoms with van der Waals surface area (Å²) in [6.07, 6.45) is 0. The van der Waals surface area contributed by atoms with Gasteiger partial charge in [-0.2, -0.15) is 0 Å². The van der Waals surface area contributed by atoms with Gasteiger partial charge >= 0.3 is 0 Å². The van der Waals surface area contributed by atoms with Gasteiger partial charge in [-0.1, -0.05) is 45.0 Å². The first-order valence-electron chi connectivity index (χ1n) is 7.43. The molecule has 1 aromatic heterocycles. The second-order valence-electron chi connectivity index (χ2n) is 6.08. The minimum atomic E-state index is 0.0651. The first kappa shape index (κ1) is 15.4. The van der Waals surface area contributed by atoms with Crippen LogP contribution in [0.4, 0.5) is 5.82 Å². The van der Waals surface area contributed by atoms with E-state index in [0.29, 0.717) is 6.61 Å². The van der Waals surface area contributed by atoms with Gasteiger partial charge in [-0.05, 0) is 36.1 Å². The molecule has 0 spiro atoms. The van der Waals surface area contributed by atoms with Gasteiger partial charge in [0.1, 0.15) is 18.2 Å². The average molecular weight is 284 g/mol. The molecule has 0 aliphatic rings. The van der Waals surface area contributed by atoms with E-state index in [4.69, 9.17) is 4.74 Å². The summed E-state index contributed by atoms with van der Waals surface area (Å²) in [7, 11) is 0. The summed E-state index contributed by atoms with van der Waals surface area (Å²) >= 11 is 0. The van der Waals surface area contributed by atoms with E-state index in [1.54, 1.807) is 0 Å². The highest BCUT2D eigenvalue weighted by Gasteiger charge is 2.18. The third kappa shape index (κ3) is 4.22. The maximum Gasteiger partial charge on any atom is 0.130 e. The standard InChI is InChI=1S/C18H24N2O/c1-5-19-17-12-8-9-14(20-17)13-21-16-11-7-6-10-15(16)18(2,3)4/h6-12H,5,13H2,1-4H3,(H,19,20). The van der Waals surface area contributed by atoms with E-state index in [9.17, 15) is 0 Å². The number of anilines is 1. The molecule has 0 amide bonds. The van der Waals surface area contributed by atoms with Crippen molar-refractivity contribution in [2.45, 2.75) is 39.7 Å². The van der Waals surface area contributed by atoms with Crippen molar-refractivity contribution in [2.75, 3.05) is 11.9 Å². The fraction of sp³-hybridized carbons (Fsp3) is 0.389. The summed E-state index contributed by atoms with van der Waals surface area (Å²) in [5.41, 5.74) is 2.21. The lowest BCUT2D eigenvalue weighted by molar-refractivity contribution is 0.293. The van der Waals surface area contributed by atoms with Crippen LogP contribution in [0, 0.1) is 0 Å². The Bertz CT molecular complexity index is 588. The number of aromatic nitrogens is 1. The molecule has 0 saturated heterocycles. The van der Waals surface area contributed by atoms with Crippen molar-refractivity contribution >= 4 is 5.82 Å². The van der Waals surface area contributed by atoms with Gasteiger partial charge in [0.05, 0.1) is 5.69 Å². The Morgan fingerprint density at radius 2 is 1.81 bits per heavy atom. The lowest BCUT2D eigenvalue weighted by Crippen LogP contribution is -2.13.